The molecule has 1 aliphatic carbocycles. The maximum atomic E-state index is 13.5. The van der Waals surface area contributed by atoms with Crippen molar-refractivity contribution < 1.29 is 13.5 Å². The minimum atomic E-state index is -1.41. The van der Waals surface area contributed by atoms with E-state index in [-0.39, 0.29) is 10.5 Å². The number of nitrogens with zero attached hydrogens (tertiary/aromatic N) is 1. The zero-order valence-corrected chi connectivity index (χ0v) is 18.5. The van der Waals surface area contributed by atoms with Crippen LogP contribution >= 0.6 is 10.3 Å². The number of carbonyl (C=O) groups is 1. The first kappa shape index (κ1) is 20.0. The Morgan fingerprint density at radius 1 is 1.22 bits per heavy atom. The van der Waals surface area contributed by atoms with Crippen LogP contribution in [0.1, 0.15) is 69.6 Å². The van der Waals surface area contributed by atoms with E-state index < -0.39 is 15.7 Å². The van der Waals surface area contributed by atoms with E-state index in [1.165, 1.54) is 0 Å². The highest BCUT2D eigenvalue weighted by molar-refractivity contribution is 8.30. The summed E-state index contributed by atoms with van der Waals surface area (Å²) in [6, 6.07) is 5.75. The predicted molar refractivity (Wildman–Crippen MR) is 113 cm³/mol. The molecule has 1 heterocycles. The molecule has 1 unspecified atom stereocenters. The summed E-state index contributed by atoms with van der Waals surface area (Å²) in [5, 5.41) is 4.40. The summed E-state index contributed by atoms with van der Waals surface area (Å²) in [5.41, 5.74) is 2.56. The fraction of sp³-hybridized carbons (Fsp3) is 0.545. The van der Waals surface area contributed by atoms with Gasteiger partial charge in [-0.3, -0.25) is 4.79 Å². The summed E-state index contributed by atoms with van der Waals surface area (Å²) in [5.74, 6) is 1.65. The maximum absolute atomic E-state index is 13.5. The number of hydrogen-bond acceptors (Lipinski definition) is 4. The molecular formula is C22H31NO3S. The monoisotopic (exact) mass is 389 g/mol. The second-order valence-electron chi connectivity index (χ2n) is 8.81. The lowest BCUT2D eigenvalue weighted by Crippen LogP contribution is -2.36. The van der Waals surface area contributed by atoms with Gasteiger partial charge in [-0.2, -0.15) is 0 Å². The molecule has 0 spiro atoms. The van der Waals surface area contributed by atoms with Crippen molar-refractivity contribution in [2.45, 2.75) is 64.5 Å². The Bertz CT molecular complexity index is 891. The summed E-state index contributed by atoms with van der Waals surface area (Å²) < 4.78 is 12.2. The van der Waals surface area contributed by atoms with Gasteiger partial charge >= 0.3 is 0 Å². The first-order valence-electron chi connectivity index (χ1n) is 9.57. The van der Waals surface area contributed by atoms with Crippen LogP contribution in [0.4, 0.5) is 0 Å². The summed E-state index contributed by atoms with van der Waals surface area (Å²) in [6.45, 7) is 12.7. The summed E-state index contributed by atoms with van der Waals surface area (Å²) in [7, 11) is -1.41. The van der Waals surface area contributed by atoms with Crippen molar-refractivity contribution in [3.8, 4) is 17.0 Å². The number of hydrogen-bond donors (Lipinski definition) is 0. The topological polar surface area (TPSA) is 52.3 Å². The van der Waals surface area contributed by atoms with Crippen LogP contribution in [0.15, 0.2) is 22.7 Å². The van der Waals surface area contributed by atoms with Crippen LogP contribution in [0.3, 0.4) is 0 Å². The van der Waals surface area contributed by atoms with Crippen molar-refractivity contribution in [3.05, 3.63) is 35.1 Å². The van der Waals surface area contributed by atoms with Crippen molar-refractivity contribution in [3.63, 3.8) is 0 Å². The van der Waals surface area contributed by atoms with E-state index in [1.807, 2.05) is 39.0 Å². The number of ketones is 1. The molecule has 1 aromatic heterocycles. The highest BCUT2D eigenvalue weighted by Crippen LogP contribution is 2.57. The normalized spacial score (nSPS) is 20.2. The lowest BCUT2D eigenvalue weighted by atomic mass is 9.67. The third-order valence-electron chi connectivity index (χ3n) is 6.12. The molecule has 1 atom stereocenters. The van der Waals surface area contributed by atoms with Gasteiger partial charge in [0.2, 0.25) is 0 Å². The quantitative estimate of drug-likeness (QED) is 0.651. The van der Waals surface area contributed by atoms with Gasteiger partial charge in [-0.15, -0.1) is 0 Å². The first-order chi connectivity index (χ1) is 12.5. The average Bonchev–Trinajstić information content (AvgIpc) is 3.03. The molecule has 0 aliphatic heterocycles. The van der Waals surface area contributed by atoms with Crippen molar-refractivity contribution in [1.29, 1.82) is 0 Å². The van der Waals surface area contributed by atoms with Gasteiger partial charge in [0.15, 0.2) is 5.78 Å². The number of carbonyl (C=O) groups excluding carboxylic acids is 1. The highest BCUT2D eigenvalue weighted by atomic mass is 32.3. The van der Waals surface area contributed by atoms with Gasteiger partial charge in [-0.05, 0) is 52.7 Å². The third-order valence-corrected chi connectivity index (χ3v) is 9.67. The largest absolute Gasteiger partial charge is 0.448 e. The van der Waals surface area contributed by atoms with Crippen molar-refractivity contribution in [1.82, 2.24) is 5.16 Å². The molecule has 0 amide bonds. The predicted octanol–water partition coefficient (Wildman–Crippen LogP) is 5.92. The Hall–Kier alpha value is -1.75. The number of aromatic nitrogens is 1. The van der Waals surface area contributed by atoms with E-state index in [9.17, 15) is 4.79 Å². The Kier molecular flexibility index (Phi) is 4.74. The van der Waals surface area contributed by atoms with Crippen molar-refractivity contribution in [2.24, 2.45) is 0 Å². The molecule has 0 radical (unpaired) electrons. The number of rotatable bonds is 4. The van der Waals surface area contributed by atoms with Crippen LogP contribution in [0.25, 0.3) is 11.3 Å². The van der Waals surface area contributed by atoms with Gasteiger partial charge in [-0.1, -0.05) is 41.4 Å². The van der Waals surface area contributed by atoms with Gasteiger partial charge in [0.05, 0.1) is 11.0 Å². The van der Waals surface area contributed by atoms with Crippen LogP contribution in [-0.4, -0.2) is 28.2 Å². The van der Waals surface area contributed by atoms with E-state index in [1.54, 1.807) is 0 Å². The van der Waals surface area contributed by atoms with E-state index >= 15 is 0 Å². The molecule has 148 valence electrons. The van der Waals surface area contributed by atoms with Gasteiger partial charge in [-0.25, -0.2) is 0 Å². The summed E-state index contributed by atoms with van der Waals surface area (Å²) in [4.78, 5) is 13.5. The fourth-order valence-electron chi connectivity index (χ4n) is 3.44. The standard InChI is InChI=1S/C22H31NO3S/c1-9-15-18-19(23-25-15)17-14(20(24)22(18,6)10-2)12-11-13-16(17)26-27(7,8)21(3,4)5/h11-13H,9-10H2,1-8H3. The second-order valence-corrected chi connectivity index (χ2v) is 12.7. The smallest absolute Gasteiger partial charge is 0.174 e. The SMILES string of the molecule is CCc1onc2c1C(C)(CC)C(=O)c1cccc(OS(C)(C)C(C)(C)C)c1-2. The Labute approximate surface area is 164 Å². The maximum Gasteiger partial charge on any atom is 0.174 e. The third kappa shape index (κ3) is 2.91. The fourth-order valence-corrected chi connectivity index (χ4v) is 4.27. The van der Waals surface area contributed by atoms with E-state index in [4.69, 9.17) is 8.71 Å². The molecule has 0 saturated carbocycles. The van der Waals surface area contributed by atoms with Gasteiger partial charge in [0, 0.05) is 22.3 Å². The Morgan fingerprint density at radius 2 is 1.89 bits per heavy atom. The van der Waals surface area contributed by atoms with E-state index in [0.29, 0.717) is 18.4 Å². The minimum absolute atomic E-state index is 0.00751. The molecule has 0 saturated heterocycles. The zero-order chi connectivity index (χ0) is 20.2. The van der Waals surface area contributed by atoms with E-state index in [2.05, 4.69) is 38.4 Å². The van der Waals surface area contributed by atoms with Crippen molar-refractivity contribution in [2.75, 3.05) is 12.5 Å². The van der Waals surface area contributed by atoms with Crippen LogP contribution in [0, 0.1) is 0 Å². The Balaban J connectivity index is 2.26. The van der Waals surface area contributed by atoms with Crippen LogP contribution in [-0.2, 0) is 11.8 Å². The molecule has 0 bridgehead atoms. The molecule has 4 nitrogen and oxygen atoms in total. The summed E-state index contributed by atoms with van der Waals surface area (Å²) >= 11 is 0. The number of aryl methyl sites for hydroxylation is 1. The first-order valence-corrected chi connectivity index (χ1v) is 11.9. The molecule has 1 aliphatic rings. The Morgan fingerprint density at radius 3 is 2.44 bits per heavy atom. The van der Waals surface area contributed by atoms with Crippen molar-refractivity contribution >= 4 is 16.1 Å². The molecule has 27 heavy (non-hydrogen) atoms. The zero-order valence-electron chi connectivity index (χ0n) is 17.7. The summed E-state index contributed by atoms with van der Waals surface area (Å²) in [6.07, 6.45) is 5.74. The van der Waals surface area contributed by atoms with Gasteiger partial charge in [0.1, 0.15) is 17.2 Å². The molecule has 1 aromatic carbocycles. The minimum Gasteiger partial charge on any atom is -0.448 e. The van der Waals surface area contributed by atoms with Gasteiger partial charge in [0.25, 0.3) is 0 Å². The number of benzene rings is 1. The highest BCUT2D eigenvalue weighted by Gasteiger charge is 2.47. The lowest BCUT2D eigenvalue weighted by molar-refractivity contribution is 0.0888. The molecule has 0 fully saturated rings. The molecule has 3 rings (SSSR count). The average molecular weight is 390 g/mol. The second kappa shape index (κ2) is 6.40. The lowest BCUT2D eigenvalue weighted by Gasteiger charge is -2.44. The van der Waals surface area contributed by atoms with Crippen LogP contribution in [0.5, 0.6) is 5.75 Å². The van der Waals surface area contributed by atoms with Gasteiger partial charge < -0.3 is 8.71 Å². The molecule has 2 aromatic rings. The van der Waals surface area contributed by atoms with Crippen LogP contribution in [0.2, 0.25) is 0 Å². The number of fused-ring (bicyclic) bond motifs is 3. The molecule has 5 heteroatoms. The van der Waals surface area contributed by atoms with Crippen LogP contribution < -0.4 is 4.18 Å². The number of Topliss-reactive ketones (excluding diaryl/α,β-unsaturated/α-hetero) is 1. The van der Waals surface area contributed by atoms with E-state index in [0.717, 1.165) is 28.3 Å². The molecular weight excluding hydrogens is 358 g/mol. The molecule has 0 N–H and O–H groups in total.